The van der Waals surface area contributed by atoms with Crippen LogP contribution in [-0.4, -0.2) is 29.7 Å². The Hall–Kier alpha value is -1.26. The third kappa shape index (κ3) is 5.37. The van der Waals surface area contributed by atoms with Gasteiger partial charge in [-0.3, -0.25) is 0 Å². The highest BCUT2D eigenvalue weighted by atomic mass is 79.9. The highest BCUT2D eigenvalue weighted by molar-refractivity contribution is 9.10. The Balaban J connectivity index is 2.28. The Morgan fingerprint density at radius 2 is 1.69 bits per heavy atom. The summed E-state index contributed by atoms with van der Waals surface area (Å²) in [5.74, 6) is 0. The molecule has 2 aromatic rings. The monoisotopic (exact) mass is 461 g/mol. The van der Waals surface area contributed by atoms with E-state index in [2.05, 4.69) is 20.7 Å². The molecule has 2 rings (SSSR count). The molecule has 26 heavy (non-hydrogen) atoms. The van der Waals surface area contributed by atoms with E-state index in [9.17, 15) is 16.8 Å². The molecule has 0 amide bonds. The largest absolute Gasteiger partial charge is 0.377 e. The maximum atomic E-state index is 12.7. The molecule has 6 nitrogen and oxygen atoms in total. The van der Waals surface area contributed by atoms with Crippen molar-refractivity contribution in [2.75, 3.05) is 12.9 Å². The van der Waals surface area contributed by atoms with Crippen molar-refractivity contribution >= 4 is 35.8 Å². The molecule has 0 fully saturated rings. The van der Waals surface area contributed by atoms with Crippen molar-refractivity contribution in [1.82, 2.24) is 4.72 Å². The predicted molar refractivity (Wildman–Crippen MR) is 103 cm³/mol. The lowest BCUT2D eigenvalue weighted by Crippen LogP contribution is -2.24. The van der Waals surface area contributed by atoms with Crippen LogP contribution in [0.4, 0.5) is 0 Å². The van der Waals surface area contributed by atoms with Gasteiger partial charge in [-0.05, 0) is 52.2 Å². The quantitative estimate of drug-likeness (QED) is 0.652. The summed E-state index contributed by atoms with van der Waals surface area (Å²) in [5, 5.41) is 0. The van der Waals surface area contributed by atoms with Crippen molar-refractivity contribution < 1.29 is 21.6 Å². The van der Waals surface area contributed by atoms with Crippen LogP contribution in [0.3, 0.4) is 0 Å². The highest BCUT2D eigenvalue weighted by Gasteiger charge is 2.21. The molecule has 0 radical (unpaired) electrons. The molecule has 0 aliphatic rings. The first-order valence-corrected chi connectivity index (χ1v) is 12.0. The van der Waals surface area contributed by atoms with Gasteiger partial charge in [0.1, 0.15) is 0 Å². The van der Waals surface area contributed by atoms with E-state index in [0.29, 0.717) is 17.7 Å². The third-order valence-corrected chi connectivity index (χ3v) is 7.16. The number of benzene rings is 2. The highest BCUT2D eigenvalue weighted by Crippen LogP contribution is 2.25. The number of ether oxygens (including phenoxy) is 1. The maximum absolute atomic E-state index is 12.7. The lowest BCUT2D eigenvalue weighted by atomic mass is 10.1. The topological polar surface area (TPSA) is 89.5 Å². The Kier molecular flexibility index (Phi) is 6.98. The second kappa shape index (κ2) is 8.62. The van der Waals surface area contributed by atoms with E-state index < -0.39 is 19.9 Å². The Morgan fingerprint density at radius 3 is 2.31 bits per heavy atom. The second-order valence-corrected chi connectivity index (χ2v) is 10.2. The molecular weight excluding hydrogens is 442 g/mol. The van der Waals surface area contributed by atoms with Crippen molar-refractivity contribution in [2.45, 2.75) is 29.9 Å². The van der Waals surface area contributed by atoms with Crippen LogP contribution in [0.25, 0.3) is 0 Å². The first-order chi connectivity index (χ1) is 12.1. The lowest BCUT2D eigenvalue weighted by Gasteiger charge is -2.12. The van der Waals surface area contributed by atoms with Crippen LogP contribution in [-0.2, 0) is 37.7 Å². The molecule has 142 valence electrons. The molecule has 0 heterocycles. The summed E-state index contributed by atoms with van der Waals surface area (Å²) in [6.45, 7) is 2.91. The molecule has 0 bridgehead atoms. The van der Waals surface area contributed by atoms with Gasteiger partial charge in [0, 0.05) is 23.9 Å². The van der Waals surface area contributed by atoms with Gasteiger partial charge in [0.2, 0.25) is 10.0 Å². The van der Waals surface area contributed by atoms with Crippen molar-refractivity contribution in [3.05, 3.63) is 58.1 Å². The zero-order chi connectivity index (χ0) is 19.4. The Bertz CT molecular complexity index is 988. The smallest absolute Gasteiger partial charge is 0.242 e. The summed E-state index contributed by atoms with van der Waals surface area (Å²) in [6.07, 6.45) is 1.03. The number of sulfone groups is 1. The fourth-order valence-electron chi connectivity index (χ4n) is 2.25. The molecule has 0 spiro atoms. The molecule has 0 saturated heterocycles. The van der Waals surface area contributed by atoms with E-state index in [1.807, 2.05) is 31.2 Å². The number of rotatable bonds is 8. The molecule has 1 N–H and O–H groups in total. The van der Waals surface area contributed by atoms with Crippen LogP contribution < -0.4 is 4.72 Å². The van der Waals surface area contributed by atoms with E-state index in [1.165, 1.54) is 12.1 Å². The molecule has 0 saturated carbocycles. The van der Waals surface area contributed by atoms with Gasteiger partial charge in [-0.15, -0.1) is 0 Å². The van der Waals surface area contributed by atoms with Gasteiger partial charge in [0.05, 0.1) is 16.4 Å². The summed E-state index contributed by atoms with van der Waals surface area (Å²) in [6, 6.07) is 11.3. The molecule has 2 aromatic carbocycles. The van der Waals surface area contributed by atoms with Gasteiger partial charge < -0.3 is 4.74 Å². The normalized spacial score (nSPS) is 12.3. The average molecular weight is 462 g/mol. The van der Waals surface area contributed by atoms with Crippen molar-refractivity contribution in [1.29, 1.82) is 0 Å². The van der Waals surface area contributed by atoms with Gasteiger partial charge in [0.15, 0.2) is 9.84 Å². The minimum atomic E-state index is -3.91. The number of halogens is 1. The van der Waals surface area contributed by atoms with Crippen LogP contribution in [0.1, 0.15) is 18.1 Å². The van der Waals surface area contributed by atoms with Crippen LogP contribution in [0.2, 0.25) is 0 Å². The summed E-state index contributed by atoms with van der Waals surface area (Å²) >= 11 is 3.17. The van der Waals surface area contributed by atoms with Gasteiger partial charge in [-0.25, -0.2) is 21.6 Å². The number of nitrogens with one attached hydrogen (secondary N) is 1. The van der Waals surface area contributed by atoms with Gasteiger partial charge in [0.25, 0.3) is 0 Å². The molecular formula is C17H20BrNO5S2. The van der Waals surface area contributed by atoms with Gasteiger partial charge >= 0.3 is 0 Å². The summed E-state index contributed by atoms with van der Waals surface area (Å²) in [4.78, 5) is -0.180. The van der Waals surface area contributed by atoms with E-state index in [-0.39, 0.29) is 16.3 Å². The van der Waals surface area contributed by atoms with E-state index in [1.54, 1.807) is 0 Å². The number of hydrogen-bond donors (Lipinski definition) is 1. The first kappa shape index (κ1) is 21.0. The molecule has 9 heteroatoms. The minimum absolute atomic E-state index is 0.0576. The standard InChI is InChI=1S/C17H20BrNO5S2/c1-3-24-12-14-7-5-4-6-13(14)11-19-26(22,23)17-10-15(25(2,20)21)8-9-16(17)18/h4-10,19H,3,11-12H2,1-2H3. The van der Waals surface area contributed by atoms with Crippen molar-refractivity contribution in [2.24, 2.45) is 0 Å². The predicted octanol–water partition coefficient (Wildman–Crippen LogP) is 2.87. The zero-order valence-corrected chi connectivity index (χ0v) is 17.6. The fourth-order valence-corrected chi connectivity index (χ4v) is 4.97. The average Bonchev–Trinajstić information content (AvgIpc) is 2.58. The minimum Gasteiger partial charge on any atom is -0.377 e. The molecule has 0 aliphatic carbocycles. The summed E-state index contributed by atoms with van der Waals surface area (Å²) in [5.41, 5.74) is 1.68. The Morgan fingerprint density at radius 1 is 1.04 bits per heavy atom. The van der Waals surface area contributed by atoms with E-state index in [4.69, 9.17) is 4.74 Å². The van der Waals surface area contributed by atoms with Crippen LogP contribution >= 0.6 is 15.9 Å². The van der Waals surface area contributed by atoms with Crippen LogP contribution in [0.15, 0.2) is 56.7 Å². The van der Waals surface area contributed by atoms with Gasteiger partial charge in [-0.2, -0.15) is 0 Å². The van der Waals surface area contributed by atoms with Crippen molar-refractivity contribution in [3.8, 4) is 0 Å². The summed E-state index contributed by atoms with van der Waals surface area (Å²) < 4.78 is 56.9. The molecule has 0 aliphatic heterocycles. The SMILES string of the molecule is CCOCc1ccccc1CNS(=O)(=O)c1cc(S(C)(=O)=O)ccc1Br. The summed E-state index contributed by atoms with van der Waals surface area (Å²) in [7, 11) is -7.43. The number of hydrogen-bond acceptors (Lipinski definition) is 5. The molecule has 0 aromatic heterocycles. The Labute approximate surface area is 162 Å². The third-order valence-electron chi connectivity index (χ3n) is 3.65. The second-order valence-electron chi connectivity index (χ2n) is 5.59. The van der Waals surface area contributed by atoms with E-state index >= 15 is 0 Å². The fraction of sp³-hybridized carbons (Fsp3) is 0.294. The van der Waals surface area contributed by atoms with Gasteiger partial charge in [-0.1, -0.05) is 24.3 Å². The zero-order valence-electron chi connectivity index (χ0n) is 14.4. The number of sulfonamides is 1. The van der Waals surface area contributed by atoms with Crippen LogP contribution in [0.5, 0.6) is 0 Å². The van der Waals surface area contributed by atoms with Crippen LogP contribution in [0, 0.1) is 0 Å². The molecule has 0 atom stereocenters. The first-order valence-electron chi connectivity index (χ1n) is 7.79. The molecule has 0 unspecified atom stereocenters. The maximum Gasteiger partial charge on any atom is 0.242 e. The van der Waals surface area contributed by atoms with Crippen molar-refractivity contribution in [3.63, 3.8) is 0 Å². The van der Waals surface area contributed by atoms with E-state index in [0.717, 1.165) is 23.4 Å². The lowest BCUT2D eigenvalue weighted by molar-refractivity contribution is 0.133.